The van der Waals surface area contributed by atoms with Crippen LogP contribution < -0.4 is 10.6 Å². The van der Waals surface area contributed by atoms with Crippen molar-refractivity contribution in [2.24, 2.45) is 0 Å². The maximum absolute atomic E-state index is 11.7. The fourth-order valence-electron chi connectivity index (χ4n) is 1.80. The Balaban J connectivity index is 1.61. The fraction of sp³-hybridized carbons (Fsp3) is 0.176. The molecule has 2 amide bonds. The summed E-state index contributed by atoms with van der Waals surface area (Å²) in [4.78, 5) is 31.1. The standard InChI is InChI=1S/C17H18N4O2/c22-16(8-7-14-5-2-1-3-6-14)20-9-4-10-21-17(23)15-13-18-11-12-19-15/h1-3,5-8,11-13H,4,9-10H2,(H,20,22)(H,21,23). The van der Waals surface area contributed by atoms with Gasteiger partial charge in [-0.05, 0) is 18.1 Å². The monoisotopic (exact) mass is 310 g/mol. The van der Waals surface area contributed by atoms with Crippen molar-refractivity contribution in [3.05, 3.63) is 66.3 Å². The molecule has 0 saturated heterocycles. The number of nitrogens with zero attached hydrogens (tertiary/aromatic N) is 2. The molecule has 0 aliphatic carbocycles. The Morgan fingerprint density at radius 2 is 1.83 bits per heavy atom. The molecule has 0 spiro atoms. The summed E-state index contributed by atoms with van der Waals surface area (Å²) < 4.78 is 0. The van der Waals surface area contributed by atoms with Gasteiger partial charge in [0.25, 0.3) is 5.91 Å². The van der Waals surface area contributed by atoms with Gasteiger partial charge in [-0.1, -0.05) is 30.3 Å². The van der Waals surface area contributed by atoms with E-state index in [1.165, 1.54) is 24.7 Å². The van der Waals surface area contributed by atoms with Crippen molar-refractivity contribution in [2.75, 3.05) is 13.1 Å². The van der Waals surface area contributed by atoms with E-state index in [2.05, 4.69) is 20.6 Å². The zero-order chi connectivity index (χ0) is 16.3. The van der Waals surface area contributed by atoms with E-state index in [1.807, 2.05) is 30.3 Å². The smallest absolute Gasteiger partial charge is 0.271 e. The predicted octanol–water partition coefficient (Wildman–Crippen LogP) is 1.43. The number of rotatable bonds is 7. The van der Waals surface area contributed by atoms with Crippen LogP contribution in [-0.4, -0.2) is 34.9 Å². The fourth-order valence-corrected chi connectivity index (χ4v) is 1.80. The first-order valence-corrected chi connectivity index (χ1v) is 7.31. The third-order valence-electron chi connectivity index (χ3n) is 2.96. The van der Waals surface area contributed by atoms with Crippen LogP contribution in [-0.2, 0) is 4.79 Å². The summed E-state index contributed by atoms with van der Waals surface area (Å²) in [6.45, 7) is 0.941. The Morgan fingerprint density at radius 3 is 2.57 bits per heavy atom. The van der Waals surface area contributed by atoms with Crippen LogP contribution in [0.1, 0.15) is 22.5 Å². The first kappa shape index (κ1) is 16.4. The van der Waals surface area contributed by atoms with Crippen LogP contribution in [0.2, 0.25) is 0 Å². The van der Waals surface area contributed by atoms with Crippen LogP contribution in [0.15, 0.2) is 55.0 Å². The van der Waals surface area contributed by atoms with Crippen LogP contribution in [0, 0.1) is 0 Å². The van der Waals surface area contributed by atoms with Crippen molar-refractivity contribution < 1.29 is 9.59 Å². The number of hydrogen-bond donors (Lipinski definition) is 2. The van der Waals surface area contributed by atoms with Gasteiger partial charge in [-0.3, -0.25) is 14.6 Å². The minimum Gasteiger partial charge on any atom is -0.352 e. The first-order valence-electron chi connectivity index (χ1n) is 7.31. The number of amides is 2. The second-order valence-electron chi connectivity index (χ2n) is 4.74. The molecular weight excluding hydrogens is 292 g/mol. The zero-order valence-electron chi connectivity index (χ0n) is 12.6. The molecule has 0 saturated carbocycles. The molecule has 6 heteroatoms. The van der Waals surface area contributed by atoms with Crippen molar-refractivity contribution in [2.45, 2.75) is 6.42 Å². The van der Waals surface area contributed by atoms with Gasteiger partial charge >= 0.3 is 0 Å². The lowest BCUT2D eigenvalue weighted by atomic mass is 10.2. The van der Waals surface area contributed by atoms with Gasteiger partial charge in [0.2, 0.25) is 5.91 Å². The summed E-state index contributed by atoms with van der Waals surface area (Å²) in [7, 11) is 0. The van der Waals surface area contributed by atoms with Crippen molar-refractivity contribution >= 4 is 17.9 Å². The lowest BCUT2D eigenvalue weighted by molar-refractivity contribution is -0.116. The Hall–Kier alpha value is -3.02. The van der Waals surface area contributed by atoms with Crippen LogP contribution in [0.4, 0.5) is 0 Å². The topological polar surface area (TPSA) is 84.0 Å². The minimum absolute atomic E-state index is 0.158. The molecule has 0 aliphatic heterocycles. The molecule has 2 rings (SSSR count). The van der Waals surface area contributed by atoms with E-state index in [-0.39, 0.29) is 17.5 Å². The molecule has 0 bridgehead atoms. The average molecular weight is 310 g/mol. The molecule has 1 aromatic carbocycles. The Bertz CT molecular complexity index is 657. The third kappa shape index (κ3) is 6.09. The van der Waals surface area contributed by atoms with Crippen molar-refractivity contribution in [3.63, 3.8) is 0 Å². The third-order valence-corrected chi connectivity index (χ3v) is 2.96. The number of nitrogens with one attached hydrogen (secondary N) is 2. The van der Waals surface area contributed by atoms with Crippen molar-refractivity contribution in [1.29, 1.82) is 0 Å². The number of hydrogen-bond acceptors (Lipinski definition) is 4. The highest BCUT2D eigenvalue weighted by Gasteiger charge is 2.05. The van der Waals surface area contributed by atoms with E-state index in [0.29, 0.717) is 19.5 Å². The van der Waals surface area contributed by atoms with Crippen LogP contribution in [0.5, 0.6) is 0 Å². The molecule has 118 valence electrons. The van der Waals surface area contributed by atoms with Gasteiger partial charge in [-0.2, -0.15) is 0 Å². The summed E-state index contributed by atoms with van der Waals surface area (Å²) in [5, 5.41) is 5.48. The molecule has 0 unspecified atom stereocenters. The second-order valence-corrected chi connectivity index (χ2v) is 4.74. The van der Waals surface area contributed by atoms with E-state index >= 15 is 0 Å². The number of carbonyl (C=O) groups is 2. The molecule has 0 radical (unpaired) electrons. The van der Waals surface area contributed by atoms with E-state index in [9.17, 15) is 9.59 Å². The van der Waals surface area contributed by atoms with Gasteiger partial charge in [0.15, 0.2) is 0 Å². The first-order chi connectivity index (χ1) is 11.3. The van der Waals surface area contributed by atoms with E-state index in [4.69, 9.17) is 0 Å². The largest absolute Gasteiger partial charge is 0.352 e. The Labute approximate surface area is 134 Å². The lowest BCUT2D eigenvalue weighted by Gasteiger charge is -2.05. The maximum Gasteiger partial charge on any atom is 0.271 e. The van der Waals surface area contributed by atoms with E-state index in [0.717, 1.165) is 5.56 Å². The van der Waals surface area contributed by atoms with Crippen LogP contribution >= 0.6 is 0 Å². The molecule has 0 atom stereocenters. The van der Waals surface area contributed by atoms with Gasteiger partial charge in [0.05, 0.1) is 6.20 Å². The van der Waals surface area contributed by atoms with Crippen molar-refractivity contribution in [1.82, 2.24) is 20.6 Å². The SMILES string of the molecule is O=C(C=Cc1ccccc1)NCCCNC(=O)c1cnccn1. The summed E-state index contributed by atoms with van der Waals surface area (Å²) in [5.41, 5.74) is 1.25. The molecule has 2 N–H and O–H groups in total. The normalized spacial score (nSPS) is 10.4. The minimum atomic E-state index is -0.270. The molecule has 2 aromatic rings. The van der Waals surface area contributed by atoms with Crippen molar-refractivity contribution in [3.8, 4) is 0 Å². The second kappa shape index (κ2) is 9.09. The van der Waals surface area contributed by atoms with Gasteiger partial charge in [-0.15, -0.1) is 0 Å². The molecule has 6 nitrogen and oxygen atoms in total. The van der Waals surface area contributed by atoms with Gasteiger partial charge in [0, 0.05) is 31.6 Å². The summed E-state index contributed by atoms with van der Waals surface area (Å²) in [5.74, 6) is -0.428. The zero-order valence-corrected chi connectivity index (χ0v) is 12.6. The summed E-state index contributed by atoms with van der Waals surface area (Å²) in [6, 6.07) is 9.60. The average Bonchev–Trinajstić information content (AvgIpc) is 2.61. The predicted molar refractivity (Wildman–Crippen MR) is 87.5 cm³/mol. The molecule has 23 heavy (non-hydrogen) atoms. The number of carbonyl (C=O) groups excluding carboxylic acids is 2. The summed E-state index contributed by atoms with van der Waals surface area (Å²) >= 11 is 0. The molecular formula is C17H18N4O2. The maximum atomic E-state index is 11.7. The highest BCUT2D eigenvalue weighted by atomic mass is 16.2. The summed E-state index contributed by atoms with van der Waals surface area (Å²) in [6.07, 6.45) is 8.27. The Kier molecular flexibility index (Phi) is 6.46. The van der Waals surface area contributed by atoms with Gasteiger partial charge < -0.3 is 10.6 Å². The number of aromatic nitrogens is 2. The van der Waals surface area contributed by atoms with Crippen LogP contribution in [0.25, 0.3) is 6.08 Å². The highest BCUT2D eigenvalue weighted by molar-refractivity contribution is 5.92. The van der Waals surface area contributed by atoms with E-state index in [1.54, 1.807) is 6.08 Å². The van der Waals surface area contributed by atoms with Gasteiger partial charge in [-0.25, -0.2) is 4.98 Å². The highest BCUT2D eigenvalue weighted by Crippen LogP contribution is 2.00. The van der Waals surface area contributed by atoms with Gasteiger partial charge in [0.1, 0.15) is 5.69 Å². The number of benzene rings is 1. The quantitative estimate of drug-likeness (QED) is 0.598. The van der Waals surface area contributed by atoms with E-state index < -0.39 is 0 Å². The molecule has 0 aliphatic rings. The molecule has 1 aromatic heterocycles. The Morgan fingerprint density at radius 1 is 1.04 bits per heavy atom. The lowest BCUT2D eigenvalue weighted by Crippen LogP contribution is -2.29. The molecule has 0 fully saturated rings. The molecule has 1 heterocycles. The van der Waals surface area contributed by atoms with Crippen LogP contribution in [0.3, 0.4) is 0 Å².